The average molecular weight is 314 g/mol. The lowest BCUT2D eigenvalue weighted by molar-refractivity contribution is -0.153. The van der Waals surface area contributed by atoms with Gasteiger partial charge in [-0.05, 0) is 44.0 Å². The number of aliphatic hydroxyl groups is 1. The van der Waals surface area contributed by atoms with Gasteiger partial charge < -0.3 is 19.0 Å². The van der Waals surface area contributed by atoms with Crippen molar-refractivity contribution in [3.05, 3.63) is 11.6 Å². The predicted molar refractivity (Wildman–Crippen MR) is 85.7 cm³/mol. The van der Waals surface area contributed by atoms with E-state index in [-0.39, 0.29) is 17.2 Å². The van der Waals surface area contributed by atoms with Crippen molar-refractivity contribution < 1.29 is 19.0 Å². The minimum absolute atomic E-state index is 0.127. The summed E-state index contributed by atoms with van der Waals surface area (Å²) in [5.74, 6) is -0.601. The Balaban J connectivity index is 1.89. The molecule has 3 atom stereocenters. The Morgan fingerprint density at radius 2 is 1.90 bits per heavy atom. The van der Waals surface area contributed by atoms with E-state index in [4.69, 9.17) is 13.9 Å². The van der Waals surface area contributed by atoms with E-state index in [1.807, 2.05) is 19.9 Å². The fourth-order valence-electron chi connectivity index (χ4n) is 2.58. The number of hydrogen-bond acceptors (Lipinski definition) is 4. The van der Waals surface area contributed by atoms with Gasteiger partial charge >= 0.3 is 0 Å². The van der Waals surface area contributed by atoms with E-state index >= 15 is 0 Å². The molecule has 2 rings (SSSR count). The molecule has 0 saturated carbocycles. The second kappa shape index (κ2) is 5.46. The normalized spacial score (nSPS) is 32.2. The van der Waals surface area contributed by atoms with Gasteiger partial charge in [0.2, 0.25) is 0 Å². The quantitative estimate of drug-likeness (QED) is 0.639. The third-order valence-corrected chi connectivity index (χ3v) is 9.43. The lowest BCUT2D eigenvalue weighted by Crippen LogP contribution is -2.41. The molecule has 0 aromatic rings. The van der Waals surface area contributed by atoms with E-state index in [0.717, 1.165) is 12.0 Å². The fourth-order valence-corrected chi connectivity index (χ4v) is 3.63. The molecular formula is C16H30O4Si. The largest absolute Gasteiger partial charge is 0.417 e. The highest BCUT2D eigenvalue weighted by Gasteiger charge is 2.48. The maximum absolute atomic E-state index is 10.4. The molecular weight excluding hydrogens is 284 g/mol. The van der Waals surface area contributed by atoms with Crippen molar-refractivity contribution in [3.8, 4) is 0 Å². The van der Waals surface area contributed by atoms with Crippen molar-refractivity contribution in [2.75, 3.05) is 6.61 Å². The maximum Gasteiger partial charge on any atom is 0.191 e. The van der Waals surface area contributed by atoms with Gasteiger partial charge in [-0.2, -0.15) is 0 Å². The Hall–Kier alpha value is -0.203. The molecule has 1 fully saturated rings. The highest BCUT2D eigenvalue weighted by molar-refractivity contribution is 6.74. The second-order valence-corrected chi connectivity index (χ2v) is 12.9. The highest BCUT2D eigenvalue weighted by atomic mass is 28.4. The minimum atomic E-state index is -1.72. The molecule has 0 bridgehead atoms. The smallest absolute Gasteiger partial charge is 0.191 e. The Bertz CT molecular complexity index is 422. The highest BCUT2D eigenvalue weighted by Crippen LogP contribution is 2.39. The van der Waals surface area contributed by atoms with Crippen LogP contribution in [0.1, 0.15) is 41.0 Å². The molecule has 1 aliphatic heterocycles. The van der Waals surface area contributed by atoms with E-state index in [1.54, 1.807) is 0 Å². The summed E-state index contributed by atoms with van der Waals surface area (Å²) >= 11 is 0. The first-order valence-corrected chi connectivity index (χ1v) is 10.7. The van der Waals surface area contributed by atoms with Crippen LogP contribution in [0.25, 0.3) is 0 Å². The number of aliphatic hydroxyl groups excluding tert-OH is 1. The predicted octanol–water partition coefficient (Wildman–Crippen LogP) is 3.22. The average Bonchev–Trinajstić information content (AvgIpc) is 2.72. The monoisotopic (exact) mass is 314 g/mol. The van der Waals surface area contributed by atoms with Crippen LogP contribution in [0.3, 0.4) is 0 Å². The summed E-state index contributed by atoms with van der Waals surface area (Å²) in [7, 11) is -1.72. The van der Waals surface area contributed by atoms with E-state index in [0.29, 0.717) is 6.61 Å². The van der Waals surface area contributed by atoms with Gasteiger partial charge in [-0.1, -0.05) is 26.8 Å². The Morgan fingerprint density at radius 3 is 2.43 bits per heavy atom. The van der Waals surface area contributed by atoms with Gasteiger partial charge in [0.25, 0.3) is 0 Å². The van der Waals surface area contributed by atoms with Crippen LogP contribution in [0.5, 0.6) is 0 Å². The molecule has 122 valence electrons. The number of ether oxygens (including phenoxy) is 2. The summed E-state index contributed by atoms with van der Waals surface area (Å²) in [6.45, 7) is 15.6. The van der Waals surface area contributed by atoms with Crippen molar-refractivity contribution in [1.29, 1.82) is 0 Å². The molecule has 2 aliphatic rings. The molecule has 21 heavy (non-hydrogen) atoms. The minimum Gasteiger partial charge on any atom is -0.417 e. The molecule has 0 aromatic heterocycles. The third kappa shape index (κ3) is 3.59. The van der Waals surface area contributed by atoms with Gasteiger partial charge in [-0.3, -0.25) is 0 Å². The molecule has 0 amide bonds. The Labute approximate surface area is 129 Å². The van der Waals surface area contributed by atoms with E-state index < -0.39 is 20.2 Å². The second-order valence-electron chi connectivity index (χ2n) is 8.11. The van der Waals surface area contributed by atoms with Crippen molar-refractivity contribution in [2.24, 2.45) is 0 Å². The summed E-state index contributed by atoms with van der Waals surface area (Å²) in [6.07, 6.45) is 1.80. The summed E-state index contributed by atoms with van der Waals surface area (Å²) in [5, 5.41) is 10.6. The molecule has 0 spiro atoms. The molecule has 1 heterocycles. The summed E-state index contributed by atoms with van der Waals surface area (Å²) in [6, 6.07) is 0. The summed E-state index contributed by atoms with van der Waals surface area (Å²) in [4.78, 5) is 0. The van der Waals surface area contributed by atoms with Gasteiger partial charge in [-0.25, -0.2) is 0 Å². The number of hydrogen-bond donors (Lipinski definition) is 1. The topological polar surface area (TPSA) is 47.9 Å². The molecule has 1 saturated heterocycles. The van der Waals surface area contributed by atoms with Gasteiger partial charge in [0.05, 0.1) is 0 Å². The first-order valence-electron chi connectivity index (χ1n) is 7.81. The Morgan fingerprint density at radius 1 is 1.29 bits per heavy atom. The summed E-state index contributed by atoms with van der Waals surface area (Å²) < 4.78 is 17.7. The van der Waals surface area contributed by atoms with Crippen LogP contribution in [0, 0.1) is 0 Å². The van der Waals surface area contributed by atoms with Gasteiger partial charge in [0, 0.05) is 6.61 Å². The Kier molecular flexibility index (Phi) is 4.46. The van der Waals surface area contributed by atoms with Crippen LogP contribution in [0.2, 0.25) is 18.1 Å². The van der Waals surface area contributed by atoms with Crippen LogP contribution in [0.4, 0.5) is 0 Å². The number of fused-ring (bicyclic) bond motifs is 1. The first kappa shape index (κ1) is 17.2. The van der Waals surface area contributed by atoms with E-state index in [1.165, 1.54) is 0 Å². The van der Waals surface area contributed by atoms with E-state index in [2.05, 4.69) is 33.9 Å². The fraction of sp³-hybridized carbons (Fsp3) is 0.875. The van der Waals surface area contributed by atoms with Crippen LogP contribution >= 0.6 is 0 Å². The lowest BCUT2D eigenvalue weighted by atomic mass is 10.1. The van der Waals surface area contributed by atoms with Crippen LogP contribution in [-0.2, 0) is 13.9 Å². The molecule has 0 unspecified atom stereocenters. The number of rotatable bonds is 4. The van der Waals surface area contributed by atoms with Gasteiger partial charge in [0.1, 0.15) is 18.3 Å². The van der Waals surface area contributed by atoms with Crippen molar-refractivity contribution in [3.63, 3.8) is 0 Å². The van der Waals surface area contributed by atoms with Crippen LogP contribution < -0.4 is 0 Å². The van der Waals surface area contributed by atoms with E-state index in [9.17, 15) is 5.11 Å². The first-order chi connectivity index (χ1) is 9.43. The zero-order valence-corrected chi connectivity index (χ0v) is 15.4. The van der Waals surface area contributed by atoms with Crippen molar-refractivity contribution in [2.45, 2.75) is 83.3 Å². The molecule has 1 N–H and O–H groups in total. The SMILES string of the molecule is CC1(C)O[C@@H]2[C@@H](C=C(CCO[Si](C)(C)C(C)(C)C)[C@@H]2O)O1. The van der Waals surface area contributed by atoms with Gasteiger partial charge in [-0.15, -0.1) is 0 Å². The molecule has 1 aliphatic carbocycles. The molecule has 0 aromatic carbocycles. The zero-order chi connectivity index (χ0) is 16.1. The van der Waals surface area contributed by atoms with Crippen LogP contribution in [0.15, 0.2) is 11.6 Å². The summed E-state index contributed by atoms with van der Waals surface area (Å²) in [5.41, 5.74) is 0.985. The molecule has 4 nitrogen and oxygen atoms in total. The zero-order valence-electron chi connectivity index (χ0n) is 14.4. The standard InChI is InChI=1S/C16H30O4Si/c1-15(2,3)21(6,7)18-9-8-11-10-12-14(13(11)17)20-16(4,5)19-12/h10,12-14,17H,8-9H2,1-7H3/t12-,13+,14-/m1/s1. The molecule has 5 heteroatoms. The van der Waals surface area contributed by atoms with Gasteiger partial charge in [0.15, 0.2) is 14.1 Å². The molecule has 0 radical (unpaired) electrons. The maximum atomic E-state index is 10.4. The third-order valence-electron chi connectivity index (χ3n) is 4.89. The van der Waals surface area contributed by atoms with Crippen LogP contribution in [-0.4, -0.2) is 44.1 Å². The van der Waals surface area contributed by atoms with Crippen molar-refractivity contribution >= 4 is 8.32 Å². The lowest BCUT2D eigenvalue weighted by Gasteiger charge is -2.36. The van der Waals surface area contributed by atoms with Crippen molar-refractivity contribution in [1.82, 2.24) is 0 Å².